The van der Waals surface area contributed by atoms with Crippen LogP contribution in [-0.4, -0.2) is 19.7 Å². The van der Waals surface area contributed by atoms with Crippen molar-refractivity contribution in [3.05, 3.63) is 89.8 Å². The largest absolute Gasteiger partial charge is 0.416 e. The van der Waals surface area contributed by atoms with Gasteiger partial charge >= 0.3 is 6.18 Å². The standard InChI is InChI=1S/C21H13F5N4S/c22-16-7-6-14(18(23)10-16)12-31-20-29-28-19(13-3-2-8-27-11-13)30(20)17-5-1-4-15(9-17)21(24,25)26/h1-11H,12H2. The first-order chi connectivity index (χ1) is 14.8. The molecule has 0 amide bonds. The fourth-order valence-electron chi connectivity index (χ4n) is 2.88. The predicted molar refractivity (Wildman–Crippen MR) is 106 cm³/mol. The molecule has 0 atom stereocenters. The molecule has 2 heterocycles. The highest BCUT2D eigenvalue weighted by Crippen LogP contribution is 2.34. The summed E-state index contributed by atoms with van der Waals surface area (Å²) in [5.41, 5.74) is 0.150. The van der Waals surface area contributed by atoms with E-state index in [2.05, 4.69) is 15.2 Å². The van der Waals surface area contributed by atoms with Crippen molar-refractivity contribution in [3.8, 4) is 17.1 Å². The number of nitrogens with zero attached hydrogens (tertiary/aromatic N) is 4. The molecule has 0 spiro atoms. The van der Waals surface area contributed by atoms with Gasteiger partial charge in [-0.1, -0.05) is 23.9 Å². The van der Waals surface area contributed by atoms with E-state index in [1.165, 1.54) is 29.0 Å². The maximum absolute atomic E-state index is 14.0. The number of halogens is 5. The molecule has 10 heteroatoms. The molecule has 0 aliphatic rings. The van der Waals surface area contributed by atoms with Crippen molar-refractivity contribution >= 4 is 11.8 Å². The molecule has 2 aromatic carbocycles. The number of pyridine rings is 1. The fraction of sp³-hybridized carbons (Fsp3) is 0.0952. The van der Waals surface area contributed by atoms with Crippen molar-refractivity contribution in [2.45, 2.75) is 17.1 Å². The maximum Gasteiger partial charge on any atom is 0.416 e. The molecule has 0 unspecified atom stereocenters. The maximum atomic E-state index is 14.0. The normalized spacial score (nSPS) is 11.6. The van der Waals surface area contributed by atoms with E-state index in [4.69, 9.17) is 0 Å². The second-order valence-corrected chi connectivity index (χ2v) is 7.40. The monoisotopic (exact) mass is 448 g/mol. The Morgan fingerprint density at radius 1 is 0.935 bits per heavy atom. The van der Waals surface area contributed by atoms with E-state index < -0.39 is 23.4 Å². The zero-order valence-electron chi connectivity index (χ0n) is 15.6. The summed E-state index contributed by atoms with van der Waals surface area (Å²) in [6.07, 6.45) is -1.45. The lowest BCUT2D eigenvalue weighted by Gasteiger charge is -2.13. The second-order valence-electron chi connectivity index (χ2n) is 6.46. The summed E-state index contributed by atoms with van der Waals surface area (Å²) in [6.45, 7) is 0. The Hall–Kier alpha value is -3.27. The molecular formula is C21H13F5N4S. The van der Waals surface area contributed by atoms with Crippen LogP contribution in [0.15, 0.2) is 72.1 Å². The van der Waals surface area contributed by atoms with Crippen molar-refractivity contribution in [3.63, 3.8) is 0 Å². The van der Waals surface area contributed by atoms with Crippen LogP contribution in [0.1, 0.15) is 11.1 Å². The van der Waals surface area contributed by atoms with Crippen molar-refractivity contribution in [2.75, 3.05) is 0 Å². The molecule has 0 radical (unpaired) electrons. The minimum absolute atomic E-state index is 0.0796. The molecule has 31 heavy (non-hydrogen) atoms. The summed E-state index contributed by atoms with van der Waals surface area (Å²) in [5.74, 6) is -1.05. The van der Waals surface area contributed by atoms with Crippen LogP contribution in [0, 0.1) is 11.6 Å². The summed E-state index contributed by atoms with van der Waals surface area (Å²) >= 11 is 1.07. The molecule has 0 fully saturated rings. The molecule has 2 aromatic heterocycles. The van der Waals surface area contributed by atoms with Gasteiger partial charge in [-0.3, -0.25) is 9.55 Å². The van der Waals surface area contributed by atoms with Crippen molar-refractivity contribution in [1.29, 1.82) is 0 Å². The zero-order chi connectivity index (χ0) is 22.0. The molecule has 0 saturated heterocycles. The highest BCUT2D eigenvalue weighted by molar-refractivity contribution is 7.98. The van der Waals surface area contributed by atoms with Gasteiger partial charge in [0.15, 0.2) is 11.0 Å². The van der Waals surface area contributed by atoms with Crippen molar-refractivity contribution in [1.82, 2.24) is 19.7 Å². The topological polar surface area (TPSA) is 43.6 Å². The molecular weight excluding hydrogens is 435 g/mol. The Balaban J connectivity index is 1.77. The molecule has 0 bridgehead atoms. The summed E-state index contributed by atoms with van der Waals surface area (Å²) in [7, 11) is 0. The van der Waals surface area contributed by atoms with Gasteiger partial charge in [0.05, 0.1) is 11.3 Å². The molecule has 4 aromatic rings. The highest BCUT2D eigenvalue weighted by atomic mass is 32.2. The minimum Gasteiger partial charge on any atom is -0.270 e. The highest BCUT2D eigenvalue weighted by Gasteiger charge is 2.31. The Labute approximate surface area is 177 Å². The Bertz CT molecular complexity index is 1210. The van der Waals surface area contributed by atoms with Crippen LogP contribution < -0.4 is 0 Å². The average molecular weight is 448 g/mol. The first-order valence-corrected chi connectivity index (χ1v) is 9.91. The SMILES string of the molecule is Fc1ccc(CSc2nnc(-c3cccnc3)n2-c2cccc(C(F)(F)F)c2)c(F)c1. The third kappa shape index (κ3) is 4.58. The van der Waals surface area contributed by atoms with Crippen LogP contribution in [0.5, 0.6) is 0 Å². The third-order valence-electron chi connectivity index (χ3n) is 4.36. The zero-order valence-corrected chi connectivity index (χ0v) is 16.5. The molecule has 0 aliphatic heterocycles. The number of thioether (sulfide) groups is 1. The van der Waals surface area contributed by atoms with Gasteiger partial charge < -0.3 is 0 Å². The molecule has 0 aliphatic carbocycles. The van der Waals surface area contributed by atoms with Gasteiger partial charge in [0.1, 0.15) is 11.6 Å². The lowest BCUT2D eigenvalue weighted by atomic mass is 10.2. The van der Waals surface area contributed by atoms with Crippen LogP contribution in [0.2, 0.25) is 0 Å². The number of benzene rings is 2. The second kappa shape index (κ2) is 8.46. The van der Waals surface area contributed by atoms with Crippen LogP contribution >= 0.6 is 11.8 Å². The van der Waals surface area contributed by atoms with E-state index in [-0.39, 0.29) is 28.0 Å². The van der Waals surface area contributed by atoms with E-state index in [0.29, 0.717) is 5.56 Å². The van der Waals surface area contributed by atoms with Crippen molar-refractivity contribution in [2.24, 2.45) is 0 Å². The molecule has 4 nitrogen and oxygen atoms in total. The van der Waals surface area contributed by atoms with E-state index >= 15 is 0 Å². The summed E-state index contributed by atoms with van der Waals surface area (Å²) in [4.78, 5) is 4.02. The van der Waals surface area contributed by atoms with Gasteiger partial charge in [0, 0.05) is 29.8 Å². The number of hydrogen-bond acceptors (Lipinski definition) is 4. The quantitative estimate of drug-likeness (QED) is 0.281. The summed E-state index contributed by atoms with van der Waals surface area (Å²) < 4.78 is 68.4. The number of alkyl halides is 3. The van der Waals surface area contributed by atoms with Gasteiger partial charge in [0.2, 0.25) is 0 Å². The Morgan fingerprint density at radius 3 is 2.48 bits per heavy atom. The number of rotatable bonds is 5. The molecule has 158 valence electrons. The van der Waals surface area contributed by atoms with Crippen molar-refractivity contribution < 1.29 is 22.0 Å². The van der Waals surface area contributed by atoms with Gasteiger partial charge in [-0.25, -0.2) is 8.78 Å². The van der Waals surface area contributed by atoms with Gasteiger partial charge in [0.25, 0.3) is 0 Å². The van der Waals surface area contributed by atoms with Gasteiger partial charge in [-0.05, 0) is 42.0 Å². The van der Waals surface area contributed by atoms with Crippen LogP contribution in [0.3, 0.4) is 0 Å². The summed E-state index contributed by atoms with van der Waals surface area (Å²) in [5, 5.41) is 8.47. The first-order valence-electron chi connectivity index (χ1n) is 8.93. The van der Waals surface area contributed by atoms with E-state index in [0.717, 1.165) is 36.0 Å². The third-order valence-corrected chi connectivity index (χ3v) is 5.33. The number of hydrogen-bond donors (Lipinski definition) is 0. The summed E-state index contributed by atoms with van der Waals surface area (Å²) in [6, 6.07) is 11.3. The van der Waals surface area contributed by atoms with Gasteiger partial charge in [-0.15, -0.1) is 10.2 Å². The fourth-order valence-corrected chi connectivity index (χ4v) is 3.82. The first kappa shape index (κ1) is 21.0. The van der Waals surface area contributed by atoms with E-state index in [9.17, 15) is 22.0 Å². The smallest absolute Gasteiger partial charge is 0.270 e. The molecule has 0 N–H and O–H groups in total. The lowest BCUT2D eigenvalue weighted by Crippen LogP contribution is -2.07. The minimum atomic E-state index is -4.52. The van der Waals surface area contributed by atoms with Crippen LogP contribution in [0.4, 0.5) is 22.0 Å². The molecule has 0 saturated carbocycles. The lowest BCUT2D eigenvalue weighted by molar-refractivity contribution is -0.137. The van der Waals surface area contributed by atoms with E-state index in [1.54, 1.807) is 18.3 Å². The Kier molecular flexibility index (Phi) is 5.73. The predicted octanol–water partition coefficient (Wildman–Crippen LogP) is 5.92. The van der Waals surface area contributed by atoms with Crippen LogP contribution in [0.25, 0.3) is 17.1 Å². The van der Waals surface area contributed by atoms with Gasteiger partial charge in [-0.2, -0.15) is 13.2 Å². The van der Waals surface area contributed by atoms with E-state index in [1.807, 2.05) is 0 Å². The molecule has 4 rings (SSSR count). The average Bonchev–Trinajstić information content (AvgIpc) is 3.17. The number of aromatic nitrogens is 4. The Morgan fingerprint density at radius 2 is 1.77 bits per heavy atom. The van der Waals surface area contributed by atoms with Crippen LogP contribution in [-0.2, 0) is 11.9 Å².